The number of rotatable bonds is 2. The predicted octanol–water partition coefficient (Wildman–Crippen LogP) is 5.95. The molecule has 3 aromatic carbocycles. The van der Waals surface area contributed by atoms with Crippen molar-refractivity contribution in [3.8, 4) is 22.5 Å². The summed E-state index contributed by atoms with van der Waals surface area (Å²) in [6.45, 7) is 0. The van der Waals surface area contributed by atoms with Crippen molar-refractivity contribution in [2.75, 3.05) is 26.0 Å². The van der Waals surface area contributed by atoms with E-state index in [1.807, 2.05) is 26.2 Å². The van der Waals surface area contributed by atoms with Gasteiger partial charge in [-0.25, -0.2) is 0 Å². The summed E-state index contributed by atoms with van der Waals surface area (Å²) in [7, 11) is 5.89. The Morgan fingerprint density at radius 1 is 0.759 bits per heavy atom. The van der Waals surface area contributed by atoms with Gasteiger partial charge in [-0.3, -0.25) is 4.99 Å². The molecule has 0 saturated carbocycles. The van der Waals surface area contributed by atoms with E-state index in [0.717, 1.165) is 33.3 Å². The molecule has 1 aliphatic heterocycles. The summed E-state index contributed by atoms with van der Waals surface area (Å²) in [4.78, 5) is 6.42. The number of hydrogen-bond acceptors (Lipinski definition) is 3. The summed E-state index contributed by atoms with van der Waals surface area (Å²) in [5.74, 6) is 0.847. The lowest BCUT2D eigenvalue weighted by atomic mass is 9.90. The molecule has 142 valence electrons. The van der Waals surface area contributed by atoms with Crippen molar-refractivity contribution in [1.82, 2.24) is 0 Å². The molecule has 3 nitrogen and oxygen atoms in total. The molecular formula is C26H22N2O. The summed E-state index contributed by atoms with van der Waals surface area (Å²) in [6.07, 6.45) is 0. The van der Waals surface area contributed by atoms with Crippen molar-refractivity contribution in [2.45, 2.75) is 0 Å². The summed E-state index contributed by atoms with van der Waals surface area (Å²) in [6, 6.07) is 27.6. The zero-order valence-corrected chi connectivity index (χ0v) is 16.8. The minimum Gasteiger partial charge on any atom is -0.456 e. The van der Waals surface area contributed by atoms with Gasteiger partial charge in [-0.15, -0.1) is 0 Å². The predicted molar refractivity (Wildman–Crippen MR) is 122 cm³/mol. The van der Waals surface area contributed by atoms with E-state index < -0.39 is 0 Å². The van der Waals surface area contributed by atoms with Gasteiger partial charge in [0.05, 0.1) is 5.36 Å². The van der Waals surface area contributed by atoms with Crippen LogP contribution < -0.4 is 10.3 Å². The van der Waals surface area contributed by atoms with Crippen molar-refractivity contribution in [1.29, 1.82) is 0 Å². The number of benzene rings is 4. The van der Waals surface area contributed by atoms with Crippen LogP contribution in [0.2, 0.25) is 0 Å². The van der Waals surface area contributed by atoms with Gasteiger partial charge in [0.2, 0.25) is 0 Å². The van der Waals surface area contributed by atoms with Gasteiger partial charge in [0.15, 0.2) is 0 Å². The molecule has 0 radical (unpaired) electrons. The monoisotopic (exact) mass is 378 g/mol. The molecule has 0 aromatic heterocycles. The van der Waals surface area contributed by atoms with Gasteiger partial charge in [-0.1, -0.05) is 42.5 Å². The van der Waals surface area contributed by atoms with E-state index in [1.54, 1.807) is 7.05 Å². The molecule has 0 amide bonds. The Morgan fingerprint density at radius 3 is 2.41 bits per heavy atom. The maximum Gasteiger partial charge on any atom is 0.137 e. The van der Waals surface area contributed by atoms with Gasteiger partial charge in [0, 0.05) is 55.5 Å². The summed E-state index contributed by atoms with van der Waals surface area (Å²) in [5, 5.41) is 4.50. The van der Waals surface area contributed by atoms with Crippen LogP contribution in [0.1, 0.15) is 0 Å². The first-order chi connectivity index (χ1) is 14.2. The average Bonchev–Trinajstić information content (AvgIpc) is 2.76. The second kappa shape index (κ2) is 6.78. The zero-order chi connectivity index (χ0) is 20.0. The first-order valence-electron chi connectivity index (χ1n) is 9.74. The minimum atomic E-state index is 0.847. The highest BCUT2D eigenvalue weighted by Crippen LogP contribution is 2.42. The van der Waals surface area contributed by atoms with Gasteiger partial charge in [-0.2, -0.15) is 0 Å². The molecule has 0 fully saturated rings. The van der Waals surface area contributed by atoms with Crippen LogP contribution in [0.3, 0.4) is 0 Å². The molecule has 0 saturated heterocycles. The summed E-state index contributed by atoms with van der Waals surface area (Å²) >= 11 is 0. The van der Waals surface area contributed by atoms with Crippen LogP contribution >= 0.6 is 0 Å². The van der Waals surface area contributed by atoms with Gasteiger partial charge >= 0.3 is 0 Å². The lowest BCUT2D eigenvalue weighted by molar-refractivity contribution is 0.619. The number of nitrogens with zero attached hydrogens (tertiary/aromatic N) is 2. The Balaban J connectivity index is 1.96. The first-order valence-corrected chi connectivity index (χ1v) is 9.74. The lowest BCUT2D eigenvalue weighted by Gasteiger charge is -2.19. The largest absolute Gasteiger partial charge is 0.456 e. The Bertz CT molecular complexity index is 1390. The van der Waals surface area contributed by atoms with Crippen molar-refractivity contribution >= 4 is 27.4 Å². The van der Waals surface area contributed by atoms with Crippen molar-refractivity contribution in [3.63, 3.8) is 0 Å². The Kier molecular flexibility index (Phi) is 4.09. The van der Waals surface area contributed by atoms with Crippen LogP contribution in [0.4, 0.5) is 5.69 Å². The molecule has 1 heterocycles. The molecule has 0 bridgehead atoms. The number of fused-ring (bicyclic) bond motifs is 3. The molecule has 2 aliphatic rings. The quantitative estimate of drug-likeness (QED) is 0.355. The van der Waals surface area contributed by atoms with Gasteiger partial charge < -0.3 is 9.32 Å². The summed E-state index contributed by atoms with van der Waals surface area (Å²) < 4.78 is 6.37. The Morgan fingerprint density at radius 2 is 1.59 bits per heavy atom. The maximum atomic E-state index is 6.37. The smallest absolute Gasteiger partial charge is 0.137 e. The topological polar surface area (TPSA) is 28.7 Å². The van der Waals surface area contributed by atoms with E-state index in [9.17, 15) is 0 Å². The first kappa shape index (κ1) is 17.5. The van der Waals surface area contributed by atoms with Crippen LogP contribution in [-0.4, -0.2) is 21.1 Å². The van der Waals surface area contributed by atoms with Crippen LogP contribution in [0.25, 0.3) is 44.2 Å². The number of hydrogen-bond donors (Lipinski definition) is 0. The van der Waals surface area contributed by atoms with Crippen LogP contribution in [0, 0.1) is 0 Å². The average molecular weight is 378 g/mol. The number of anilines is 1. The highest BCUT2D eigenvalue weighted by atomic mass is 16.3. The fraction of sp³-hybridized carbons (Fsp3) is 0.115. The van der Waals surface area contributed by atoms with E-state index in [1.165, 1.54) is 21.9 Å². The Hall–Kier alpha value is -3.59. The molecule has 0 N–H and O–H groups in total. The van der Waals surface area contributed by atoms with Crippen molar-refractivity contribution in [2.24, 2.45) is 4.99 Å². The second-order valence-corrected chi connectivity index (χ2v) is 7.48. The molecule has 0 spiro atoms. The van der Waals surface area contributed by atoms with Crippen LogP contribution in [0.15, 0.2) is 88.3 Å². The van der Waals surface area contributed by atoms with Crippen molar-refractivity contribution in [3.05, 3.63) is 84.2 Å². The fourth-order valence-electron chi connectivity index (χ4n) is 4.02. The van der Waals surface area contributed by atoms with Crippen LogP contribution in [0.5, 0.6) is 0 Å². The molecule has 5 rings (SSSR count). The highest BCUT2D eigenvalue weighted by Gasteiger charge is 2.18. The second-order valence-electron chi connectivity index (χ2n) is 7.48. The molecule has 1 aliphatic carbocycles. The lowest BCUT2D eigenvalue weighted by Crippen LogP contribution is -2.08. The van der Waals surface area contributed by atoms with Gasteiger partial charge in [-0.05, 0) is 40.6 Å². The van der Waals surface area contributed by atoms with E-state index >= 15 is 0 Å². The fourth-order valence-corrected chi connectivity index (χ4v) is 4.02. The molecule has 3 heteroatoms. The third-order valence-corrected chi connectivity index (χ3v) is 5.52. The minimum absolute atomic E-state index is 0.847. The summed E-state index contributed by atoms with van der Waals surface area (Å²) in [5.41, 5.74) is 5.50. The molecule has 29 heavy (non-hydrogen) atoms. The van der Waals surface area contributed by atoms with E-state index in [2.05, 4.69) is 76.6 Å². The Labute approximate surface area is 169 Å². The SMILES string of the molecule is C/N=c1/ccc2c(-c3cccc4ccccc34)c3ccc(N(C)C)cc3oc-2c1. The van der Waals surface area contributed by atoms with E-state index in [-0.39, 0.29) is 0 Å². The molecule has 0 atom stereocenters. The third-order valence-electron chi connectivity index (χ3n) is 5.52. The molecular weight excluding hydrogens is 356 g/mol. The third kappa shape index (κ3) is 2.87. The normalized spacial score (nSPS) is 12.2. The molecule has 0 unspecified atom stereocenters. The maximum absolute atomic E-state index is 6.37. The molecule has 3 aromatic rings. The van der Waals surface area contributed by atoms with E-state index in [0.29, 0.717) is 0 Å². The van der Waals surface area contributed by atoms with E-state index in [4.69, 9.17) is 4.42 Å². The van der Waals surface area contributed by atoms with Crippen LogP contribution in [-0.2, 0) is 0 Å². The van der Waals surface area contributed by atoms with Gasteiger partial charge in [0.25, 0.3) is 0 Å². The van der Waals surface area contributed by atoms with Crippen molar-refractivity contribution < 1.29 is 4.42 Å². The zero-order valence-electron chi connectivity index (χ0n) is 16.8. The van der Waals surface area contributed by atoms with Gasteiger partial charge in [0.1, 0.15) is 11.3 Å². The highest BCUT2D eigenvalue weighted by molar-refractivity contribution is 6.09. The standard InChI is InChI=1S/C26H22N2O/c1-27-18-11-13-22-24(15-18)29-25-16-19(28(2)3)12-14-23(25)26(22)21-10-6-8-17-7-4-5-9-20(17)21/h4-16H,1-3H3/b27-18-.